The van der Waals surface area contributed by atoms with Crippen LogP contribution in [0.3, 0.4) is 0 Å². The van der Waals surface area contributed by atoms with E-state index in [2.05, 4.69) is 0 Å². The summed E-state index contributed by atoms with van der Waals surface area (Å²) in [4.78, 5) is 22.2. The molecule has 86 valence electrons. The van der Waals surface area contributed by atoms with E-state index in [9.17, 15) is 9.59 Å². The van der Waals surface area contributed by atoms with Crippen molar-refractivity contribution in [2.45, 2.75) is 19.8 Å². The third kappa shape index (κ3) is 2.21. The average molecular weight is 222 g/mol. The molecule has 0 atom stereocenters. The van der Waals surface area contributed by atoms with Gasteiger partial charge < -0.3 is 9.84 Å². The molecule has 0 heterocycles. The van der Waals surface area contributed by atoms with Crippen molar-refractivity contribution in [1.82, 2.24) is 0 Å². The van der Waals surface area contributed by atoms with Gasteiger partial charge in [0.25, 0.3) is 5.78 Å². The van der Waals surface area contributed by atoms with Crippen LogP contribution in [0, 0.1) is 0 Å². The molecule has 0 aliphatic heterocycles. The first-order chi connectivity index (χ1) is 7.49. The number of ketones is 1. The van der Waals surface area contributed by atoms with Crippen LogP contribution >= 0.6 is 0 Å². The molecule has 4 nitrogen and oxygen atoms in total. The lowest BCUT2D eigenvalue weighted by atomic mass is 9.93. The predicted molar refractivity (Wildman–Crippen MR) is 59.0 cm³/mol. The Morgan fingerprint density at radius 1 is 1.31 bits per heavy atom. The number of carbonyl (C=O) groups is 2. The molecule has 0 unspecified atom stereocenters. The standard InChI is InChI=1S/C12H14O4/c1-7(2)10-8(11(13)12(14)15)5-4-6-9(10)16-3/h4-7H,1-3H3,(H,14,15). The number of aliphatic carboxylic acids is 1. The minimum absolute atomic E-state index is 0.0226. The maximum atomic E-state index is 11.5. The van der Waals surface area contributed by atoms with Crippen LogP contribution < -0.4 is 4.74 Å². The normalized spacial score (nSPS) is 10.2. The number of carboxylic acids is 1. The van der Waals surface area contributed by atoms with Crippen LogP contribution in [0.1, 0.15) is 35.7 Å². The molecular formula is C12H14O4. The second-order valence-electron chi connectivity index (χ2n) is 3.71. The molecule has 0 saturated carbocycles. The molecule has 1 aromatic carbocycles. The Labute approximate surface area is 93.9 Å². The van der Waals surface area contributed by atoms with Gasteiger partial charge in [-0.25, -0.2) is 4.79 Å². The van der Waals surface area contributed by atoms with Crippen molar-refractivity contribution < 1.29 is 19.4 Å². The van der Waals surface area contributed by atoms with E-state index in [1.54, 1.807) is 12.1 Å². The largest absolute Gasteiger partial charge is 0.496 e. The monoisotopic (exact) mass is 222 g/mol. The summed E-state index contributed by atoms with van der Waals surface area (Å²) in [5, 5.41) is 8.71. The second kappa shape index (κ2) is 4.79. The van der Waals surface area contributed by atoms with Crippen LogP contribution in [-0.2, 0) is 4.79 Å². The molecule has 0 aromatic heterocycles. The van der Waals surface area contributed by atoms with Gasteiger partial charge in [0.1, 0.15) is 5.75 Å². The number of rotatable bonds is 4. The third-order valence-corrected chi connectivity index (χ3v) is 2.30. The smallest absolute Gasteiger partial charge is 0.377 e. The number of benzene rings is 1. The summed E-state index contributed by atoms with van der Waals surface area (Å²) in [7, 11) is 1.50. The number of carbonyl (C=O) groups excluding carboxylic acids is 1. The van der Waals surface area contributed by atoms with Crippen LogP contribution in [0.25, 0.3) is 0 Å². The van der Waals surface area contributed by atoms with Gasteiger partial charge in [-0.1, -0.05) is 26.0 Å². The number of hydrogen-bond donors (Lipinski definition) is 1. The van der Waals surface area contributed by atoms with Crippen LogP contribution in [0.15, 0.2) is 18.2 Å². The SMILES string of the molecule is COc1cccc(C(=O)C(=O)O)c1C(C)C. The molecule has 0 aliphatic rings. The fraction of sp³-hybridized carbons (Fsp3) is 0.333. The van der Waals surface area contributed by atoms with Gasteiger partial charge >= 0.3 is 5.97 Å². The van der Waals surface area contributed by atoms with Gasteiger partial charge in [-0.2, -0.15) is 0 Å². The molecule has 0 radical (unpaired) electrons. The first-order valence-electron chi connectivity index (χ1n) is 4.93. The summed E-state index contributed by atoms with van der Waals surface area (Å²) in [6.07, 6.45) is 0. The highest BCUT2D eigenvalue weighted by Crippen LogP contribution is 2.29. The quantitative estimate of drug-likeness (QED) is 0.625. The number of ether oxygens (including phenoxy) is 1. The van der Waals surface area contributed by atoms with Gasteiger partial charge in [0.2, 0.25) is 0 Å². The highest BCUT2D eigenvalue weighted by molar-refractivity contribution is 6.40. The maximum Gasteiger partial charge on any atom is 0.377 e. The number of methoxy groups -OCH3 is 1. The predicted octanol–water partition coefficient (Wildman–Crippen LogP) is 2.09. The molecule has 16 heavy (non-hydrogen) atoms. The molecule has 1 N–H and O–H groups in total. The molecule has 4 heteroatoms. The van der Waals surface area contributed by atoms with E-state index in [4.69, 9.17) is 9.84 Å². The molecular weight excluding hydrogens is 208 g/mol. The lowest BCUT2D eigenvalue weighted by Gasteiger charge is -2.14. The van der Waals surface area contributed by atoms with Crippen molar-refractivity contribution in [1.29, 1.82) is 0 Å². The van der Waals surface area contributed by atoms with Gasteiger partial charge in [-0.3, -0.25) is 4.79 Å². The van der Waals surface area contributed by atoms with Gasteiger partial charge in [0.05, 0.1) is 7.11 Å². The summed E-state index contributed by atoms with van der Waals surface area (Å²) in [5.74, 6) is -1.78. The van der Waals surface area contributed by atoms with Crippen LogP contribution in [0.4, 0.5) is 0 Å². The summed E-state index contributed by atoms with van der Waals surface area (Å²) < 4.78 is 5.13. The Hall–Kier alpha value is -1.84. The minimum atomic E-state index is -1.45. The fourth-order valence-electron chi connectivity index (χ4n) is 1.63. The Kier molecular flexibility index (Phi) is 3.66. The van der Waals surface area contributed by atoms with E-state index < -0.39 is 11.8 Å². The molecule has 0 fully saturated rings. The zero-order chi connectivity index (χ0) is 12.3. The van der Waals surface area contributed by atoms with Crippen molar-refractivity contribution in [3.05, 3.63) is 29.3 Å². The van der Waals surface area contributed by atoms with E-state index in [1.807, 2.05) is 13.8 Å². The summed E-state index contributed by atoms with van der Waals surface area (Å²) >= 11 is 0. The van der Waals surface area contributed by atoms with Crippen molar-refractivity contribution in [2.24, 2.45) is 0 Å². The molecule has 1 rings (SSSR count). The highest BCUT2D eigenvalue weighted by Gasteiger charge is 2.22. The average Bonchev–Trinajstić information content (AvgIpc) is 2.26. The number of carboxylic acid groups (broad SMARTS) is 1. The van der Waals surface area contributed by atoms with E-state index in [0.717, 1.165) is 0 Å². The topological polar surface area (TPSA) is 63.6 Å². The molecule has 1 aromatic rings. The van der Waals surface area contributed by atoms with Crippen molar-refractivity contribution >= 4 is 11.8 Å². The lowest BCUT2D eigenvalue weighted by molar-refractivity contribution is -0.131. The molecule has 0 aliphatic carbocycles. The van der Waals surface area contributed by atoms with Crippen LogP contribution in [0.2, 0.25) is 0 Å². The lowest BCUT2D eigenvalue weighted by Crippen LogP contribution is -2.16. The van der Waals surface area contributed by atoms with Crippen LogP contribution in [-0.4, -0.2) is 24.0 Å². The Morgan fingerprint density at radius 3 is 2.38 bits per heavy atom. The number of Topliss-reactive ketones (excluding diaryl/α,β-unsaturated/α-hetero) is 1. The van der Waals surface area contributed by atoms with Crippen molar-refractivity contribution in [3.8, 4) is 5.75 Å². The van der Waals surface area contributed by atoms with Gasteiger partial charge in [0.15, 0.2) is 0 Å². The second-order valence-corrected chi connectivity index (χ2v) is 3.71. The summed E-state index contributed by atoms with van der Waals surface area (Å²) in [5.41, 5.74) is 0.833. The van der Waals surface area contributed by atoms with Gasteiger partial charge in [-0.15, -0.1) is 0 Å². The zero-order valence-corrected chi connectivity index (χ0v) is 9.48. The Morgan fingerprint density at radius 2 is 1.94 bits per heavy atom. The van der Waals surface area contributed by atoms with E-state index in [0.29, 0.717) is 11.3 Å². The first kappa shape index (κ1) is 12.2. The molecule has 0 spiro atoms. The zero-order valence-electron chi connectivity index (χ0n) is 9.48. The highest BCUT2D eigenvalue weighted by atomic mass is 16.5. The van der Waals surface area contributed by atoms with Gasteiger partial charge in [-0.05, 0) is 12.0 Å². The third-order valence-electron chi connectivity index (χ3n) is 2.30. The molecule has 0 bridgehead atoms. The maximum absolute atomic E-state index is 11.5. The van der Waals surface area contributed by atoms with E-state index in [-0.39, 0.29) is 11.5 Å². The van der Waals surface area contributed by atoms with Crippen molar-refractivity contribution in [2.75, 3.05) is 7.11 Å². The fourth-order valence-corrected chi connectivity index (χ4v) is 1.63. The van der Waals surface area contributed by atoms with E-state index >= 15 is 0 Å². The Balaban J connectivity index is 3.38. The summed E-state index contributed by atoms with van der Waals surface area (Å²) in [6, 6.07) is 4.84. The van der Waals surface area contributed by atoms with Crippen molar-refractivity contribution in [3.63, 3.8) is 0 Å². The van der Waals surface area contributed by atoms with Crippen LogP contribution in [0.5, 0.6) is 5.75 Å². The summed E-state index contributed by atoms with van der Waals surface area (Å²) in [6.45, 7) is 3.77. The molecule has 0 amide bonds. The molecule has 0 saturated heterocycles. The van der Waals surface area contributed by atoms with E-state index in [1.165, 1.54) is 13.2 Å². The Bertz CT molecular complexity index is 421. The number of hydrogen-bond acceptors (Lipinski definition) is 3. The minimum Gasteiger partial charge on any atom is -0.496 e. The first-order valence-corrected chi connectivity index (χ1v) is 4.93. The van der Waals surface area contributed by atoms with Gasteiger partial charge in [0, 0.05) is 11.1 Å².